The molecule has 2 aliphatic heterocycles. The molecule has 0 spiro atoms. The van der Waals surface area contributed by atoms with Crippen molar-refractivity contribution in [1.82, 2.24) is 20.4 Å². The van der Waals surface area contributed by atoms with Gasteiger partial charge >= 0.3 is 5.97 Å². The average molecular weight is 469 g/mol. The van der Waals surface area contributed by atoms with E-state index < -0.39 is 0 Å². The first-order chi connectivity index (χ1) is 15.4. The maximum atomic E-state index is 12.6. The SMILES string of the molecule is COC(=O)C1CC2NCN(CC3CCC(Cl)CC3)C2CN1CC1CCC(NC(C)=O)CC1. The molecule has 3 unspecified atom stereocenters. The van der Waals surface area contributed by atoms with Gasteiger partial charge in [-0.25, -0.2) is 0 Å². The highest BCUT2D eigenvalue weighted by molar-refractivity contribution is 6.20. The Morgan fingerprint density at radius 3 is 2.25 bits per heavy atom. The Labute approximate surface area is 197 Å². The lowest BCUT2D eigenvalue weighted by Gasteiger charge is -2.44. The minimum atomic E-state index is -0.159. The molecule has 32 heavy (non-hydrogen) atoms. The molecule has 2 aliphatic carbocycles. The first-order valence-corrected chi connectivity index (χ1v) is 13.1. The van der Waals surface area contributed by atoms with Crippen LogP contribution in [-0.4, -0.2) is 84.6 Å². The third kappa shape index (κ3) is 5.96. The van der Waals surface area contributed by atoms with Crippen LogP contribution >= 0.6 is 11.6 Å². The molecule has 0 aromatic carbocycles. The summed E-state index contributed by atoms with van der Waals surface area (Å²) in [6, 6.07) is 0.965. The third-order valence-electron chi connectivity index (χ3n) is 8.32. The molecule has 1 amide bonds. The van der Waals surface area contributed by atoms with E-state index >= 15 is 0 Å². The topological polar surface area (TPSA) is 73.9 Å². The van der Waals surface area contributed by atoms with Crippen LogP contribution in [0.2, 0.25) is 0 Å². The fourth-order valence-electron chi connectivity index (χ4n) is 6.51. The highest BCUT2D eigenvalue weighted by Gasteiger charge is 2.45. The molecule has 3 atom stereocenters. The summed E-state index contributed by atoms with van der Waals surface area (Å²) >= 11 is 6.32. The second-order valence-electron chi connectivity index (χ2n) is 10.6. The largest absolute Gasteiger partial charge is 0.468 e. The number of nitrogens with zero attached hydrogens (tertiary/aromatic N) is 2. The van der Waals surface area contributed by atoms with Gasteiger partial charge in [0, 0.05) is 56.7 Å². The second-order valence-corrected chi connectivity index (χ2v) is 11.2. The lowest BCUT2D eigenvalue weighted by Crippen LogP contribution is -2.59. The Hall–Kier alpha value is -0.890. The molecule has 2 saturated carbocycles. The van der Waals surface area contributed by atoms with Crippen molar-refractivity contribution in [2.45, 2.75) is 94.3 Å². The van der Waals surface area contributed by atoms with E-state index in [1.165, 1.54) is 20.0 Å². The first kappa shape index (κ1) is 24.2. The van der Waals surface area contributed by atoms with Gasteiger partial charge in [0.15, 0.2) is 0 Å². The van der Waals surface area contributed by atoms with Crippen molar-refractivity contribution in [3.05, 3.63) is 0 Å². The van der Waals surface area contributed by atoms with Crippen LogP contribution in [0.25, 0.3) is 0 Å². The number of fused-ring (bicyclic) bond motifs is 1. The number of hydrogen-bond acceptors (Lipinski definition) is 6. The number of carbonyl (C=O) groups excluding carboxylic acids is 2. The van der Waals surface area contributed by atoms with E-state index in [0.29, 0.717) is 29.4 Å². The monoisotopic (exact) mass is 468 g/mol. The molecule has 2 saturated heterocycles. The predicted octanol–water partition coefficient (Wildman–Crippen LogP) is 2.33. The molecule has 0 aromatic heterocycles. The summed E-state index contributed by atoms with van der Waals surface area (Å²) in [5, 5.41) is 7.12. The van der Waals surface area contributed by atoms with Crippen molar-refractivity contribution in [3.63, 3.8) is 0 Å². The van der Waals surface area contributed by atoms with Crippen LogP contribution in [0.15, 0.2) is 0 Å². The van der Waals surface area contributed by atoms with E-state index in [1.807, 2.05) is 0 Å². The smallest absolute Gasteiger partial charge is 0.323 e. The van der Waals surface area contributed by atoms with Crippen LogP contribution in [0.3, 0.4) is 0 Å². The molecular formula is C24H41ClN4O3. The molecule has 2 heterocycles. The molecule has 4 fully saturated rings. The number of nitrogens with one attached hydrogen (secondary N) is 2. The zero-order valence-electron chi connectivity index (χ0n) is 19.7. The van der Waals surface area contributed by atoms with Gasteiger partial charge in [-0.15, -0.1) is 11.6 Å². The molecule has 8 heteroatoms. The zero-order valence-corrected chi connectivity index (χ0v) is 20.5. The van der Waals surface area contributed by atoms with Crippen molar-refractivity contribution in [2.24, 2.45) is 11.8 Å². The number of esters is 1. The number of amides is 1. The summed E-state index contributed by atoms with van der Waals surface area (Å²) in [6.07, 6.45) is 9.83. The quantitative estimate of drug-likeness (QED) is 0.460. The molecular weight excluding hydrogens is 428 g/mol. The Bertz CT molecular complexity index is 649. The van der Waals surface area contributed by atoms with Crippen molar-refractivity contribution in [3.8, 4) is 0 Å². The van der Waals surface area contributed by atoms with Crippen LogP contribution in [0.5, 0.6) is 0 Å². The maximum Gasteiger partial charge on any atom is 0.323 e. The van der Waals surface area contributed by atoms with Gasteiger partial charge in [0.05, 0.1) is 7.11 Å². The van der Waals surface area contributed by atoms with E-state index in [4.69, 9.17) is 16.3 Å². The number of methoxy groups -OCH3 is 1. The standard InChI is InChI=1S/C24H41ClN4O3/c1-16(30)27-20-9-5-18(6-10-20)12-28-14-23-21(11-22(28)24(31)32-2)26-15-29(23)13-17-3-7-19(25)8-4-17/h17-23,26H,3-15H2,1-2H3,(H,27,30). The number of rotatable bonds is 6. The number of hydrogen-bond donors (Lipinski definition) is 2. The van der Waals surface area contributed by atoms with Crippen LogP contribution < -0.4 is 10.6 Å². The van der Waals surface area contributed by atoms with Gasteiger partial charge in [-0.3, -0.25) is 24.7 Å². The van der Waals surface area contributed by atoms with E-state index in [9.17, 15) is 9.59 Å². The Kier molecular flexibility index (Phi) is 8.35. The van der Waals surface area contributed by atoms with Gasteiger partial charge < -0.3 is 10.1 Å². The van der Waals surface area contributed by atoms with E-state index in [-0.39, 0.29) is 17.9 Å². The molecule has 0 radical (unpaired) electrons. The van der Waals surface area contributed by atoms with Crippen LogP contribution in [0, 0.1) is 11.8 Å². The Morgan fingerprint density at radius 2 is 1.62 bits per heavy atom. The summed E-state index contributed by atoms with van der Waals surface area (Å²) in [5.41, 5.74) is 0. The summed E-state index contributed by atoms with van der Waals surface area (Å²) < 4.78 is 5.19. The minimum Gasteiger partial charge on any atom is -0.468 e. The lowest BCUT2D eigenvalue weighted by atomic mass is 9.84. The van der Waals surface area contributed by atoms with Gasteiger partial charge in [0.25, 0.3) is 0 Å². The maximum absolute atomic E-state index is 12.6. The summed E-state index contributed by atoms with van der Waals surface area (Å²) in [6.45, 7) is 5.52. The van der Waals surface area contributed by atoms with Crippen LogP contribution in [-0.2, 0) is 14.3 Å². The van der Waals surface area contributed by atoms with E-state index in [0.717, 1.165) is 77.2 Å². The minimum absolute atomic E-state index is 0.0645. The van der Waals surface area contributed by atoms with Gasteiger partial charge in [0.1, 0.15) is 6.04 Å². The van der Waals surface area contributed by atoms with Crippen molar-refractivity contribution in [1.29, 1.82) is 0 Å². The number of alkyl halides is 1. The fourth-order valence-corrected chi connectivity index (χ4v) is 6.76. The molecule has 4 aliphatic rings. The molecule has 182 valence electrons. The average Bonchev–Trinajstić information content (AvgIpc) is 3.17. The number of ether oxygens (including phenoxy) is 1. The van der Waals surface area contributed by atoms with Gasteiger partial charge in [-0.05, 0) is 69.6 Å². The molecule has 2 N–H and O–H groups in total. The number of piperidine rings is 1. The van der Waals surface area contributed by atoms with Gasteiger partial charge in [-0.1, -0.05) is 0 Å². The predicted molar refractivity (Wildman–Crippen MR) is 125 cm³/mol. The Balaban J connectivity index is 1.35. The third-order valence-corrected chi connectivity index (χ3v) is 8.76. The first-order valence-electron chi connectivity index (χ1n) is 12.6. The number of halogens is 1. The zero-order chi connectivity index (χ0) is 22.7. The highest BCUT2D eigenvalue weighted by atomic mass is 35.5. The molecule has 7 nitrogen and oxygen atoms in total. The summed E-state index contributed by atoms with van der Waals surface area (Å²) in [7, 11) is 1.51. The molecule has 4 rings (SSSR count). The second kappa shape index (κ2) is 11.0. The van der Waals surface area contributed by atoms with Gasteiger partial charge in [0.2, 0.25) is 5.91 Å². The van der Waals surface area contributed by atoms with Crippen molar-refractivity contribution in [2.75, 3.05) is 33.4 Å². The highest BCUT2D eigenvalue weighted by Crippen LogP contribution is 2.33. The normalized spacial score (nSPS) is 38.8. The van der Waals surface area contributed by atoms with Crippen LogP contribution in [0.4, 0.5) is 0 Å². The lowest BCUT2D eigenvalue weighted by molar-refractivity contribution is -0.149. The summed E-state index contributed by atoms with van der Waals surface area (Å²) in [4.78, 5) is 29.0. The Morgan fingerprint density at radius 1 is 1.00 bits per heavy atom. The van der Waals surface area contributed by atoms with Gasteiger partial charge in [-0.2, -0.15) is 0 Å². The molecule has 0 aromatic rings. The van der Waals surface area contributed by atoms with Crippen molar-refractivity contribution >= 4 is 23.5 Å². The summed E-state index contributed by atoms with van der Waals surface area (Å²) in [5.74, 6) is 1.28. The molecule has 0 bridgehead atoms. The van der Waals surface area contributed by atoms with E-state index in [1.54, 1.807) is 6.92 Å². The van der Waals surface area contributed by atoms with Crippen LogP contribution in [0.1, 0.15) is 64.7 Å². The fraction of sp³-hybridized carbons (Fsp3) is 0.917. The number of likely N-dealkylation sites (tertiary alicyclic amines) is 1. The number of carbonyl (C=O) groups is 2. The van der Waals surface area contributed by atoms with E-state index in [2.05, 4.69) is 20.4 Å². The van der Waals surface area contributed by atoms with Crippen molar-refractivity contribution < 1.29 is 14.3 Å².